The fourth-order valence-electron chi connectivity index (χ4n) is 3.63. The third kappa shape index (κ3) is 4.89. The van der Waals surface area contributed by atoms with Crippen LogP contribution in [-0.2, 0) is 13.1 Å². The summed E-state index contributed by atoms with van der Waals surface area (Å²) in [5, 5.41) is 4.26. The lowest BCUT2D eigenvalue weighted by Gasteiger charge is -2.22. The zero-order chi connectivity index (χ0) is 22.5. The Bertz CT molecular complexity index is 1200. The fourth-order valence-corrected chi connectivity index (χ4v) is 3.63. The molecule has 0 unspecified atom stereocenters. The van der Waals surface area contributed by atoms with E-state index in [0.29, 0.717) is 35.9 Å². The van der Waals surface area contributed by atoms with E-state index in [9.17, 15) is 4.79 Å². The Morgan fingerprint density at radius 2 is 1.69 bits per heavy atom. The number of aromatic nitrogens is 1. The largest absolute Gasteiger partial charge is 0.497 e. The standard InChI is InChI=1S/C27H26N2O3/c1-19-9-10-20(2)25(15-19)26-16-23(28-32-26)18-29(17-21-7-5-4-6-8-21)27(30)22-11-13-24(31-3)14-12-22/h4-16H,17-18H2,1-3H3. The maximum atomic E-state index is 13.4. The van der Waals surface area contributed by atoms with Crippen LogP contribution in [0.25, 0.3) is 11.3 Å². The van der Waals surface area contributed by atoms with Crippen LogP contribution in [0.1, 0.15) is 32.7 Å². The molecule has 0 aliphatic carbocycles. The topological polar surface area (TPSA) is 55.6 Å². The summed E-state index contributed by atoms with van der Waals surface area (Å²) < 4.78 is 10.9. The van der Waals surface area contributed by atoms with Gasteiger partial charge in [-0.3, -0.25) is 4.79 Å². The molecular formula is C27H26N2O3. The van der Waals surface area contributed by atoms with E-state index in [1.807, 2.05) is 43.3 Å². The molecule has 0 bridgehead atoms. The van der Waals surface area contributed by atoms with Crippen LogP contribution >= 0.6 is 0 Å². The van der Waals surface area contributed by atoms with E-state index in [4.69, 9.17) is 9.26 Å². The van der Waals surface area contributed by atoms with E-state index in [1.54, 1.807) is 36.3 Å². The lowest BCUT2D eigenvalue weighted by molar-refractivity contribution is 0.0726. The molecule has 1 heterocycles. The first kappa shape index (κ1) is 21.4. The SMILES string of the molecule is COc1ccc(C(=O)N(Cc2ccccc2)Cc2cc(-c3cc(C)ccc3C)on2)cc1. The number of aryl methyl sites for hydroxylation is 2. The smallest absolute Gasteiger partial charge is 0.254 e. The summed E-state index contributed by atoms with van der Waals surface area (Å²) in [6.07, 6.45) is 0. The van der Waals surface area contributed by atoms with Crippen LogP contribution in [0.4, 0.5) is 0 Å². The molecule has 0 atom stereocenters. The van der Waals surface area contributed by atoms with Gasteiger partial charge in [-0.2, -0.15) is 0 Å². The van der Waals surface area contributed by atoms with Gasteiger partial charge < -0.3 is 14.2 Å². The molecule has 5 nitrogen and oxygen atoms in total. The zero-order valence-electron chi connectivity index (χ0n) is 18.5. The molecule has 3 aromatic carbocycles. The van der Waals surface area contributed by atoms with E-state index in [-0.39, 0.29) is 5.91 Å². The van der Waals surface area contributed by atoms with Crippen LogP contribution in [0, 0.1) is 13.8 Å². The predicted octanol–water partition coefficient (Wildman–Crippen LogP) is 5.81. The zero-order valence-corrected chi connectivity index (χ0v) is 18.5. The van der Waals surface area contributed by atoms with E-state index in [2.05, 4.69) is 30.3 Å². The lowest BCUT2D eigenvalue weighted by atomic mass is 10.0. The van der Waals surface area contributed by atoms with Crippen molar-refractivity contribution < 1.29 is 14.1 Å². The summed E-state index contributed by atoms with van der Waals surface area (Å²) >= 11 is 0. The van der Waals surface area contributed by atoms with E-state index < -0.39 is 0 Å². The minimum absolute atomic E-state index is 0.0761. The Kier molecular flexibility index (Phi) is 6.36. The molecule has 4 rings (SSSR count). The van der Waals surface area contributed by atoms with Gasteiger partial charge in [0.25, 0.3) is 5.91 Å². The lowest BCUT2D eigenvalue weighted by Crippen LogP contribution is -2.30. The summed E-state index contributed by atoms with van der Waals surface area (Å²) in [4.78, 5) is 15.1. The van der Waals surface area contributed by atoms with Gasteiger partial charge >= 0.3 is 0 Å². The van der Waals surface area contributed by atoms with Gasteiger partial charge in [-0.25, -0.2) is 0 Å². The number of hydrogen-bond donors (Lipinski definition) is 0. The fraction of sp³-hybridized carbons (Fsp3) is 0.185. The van der Waals surface area contributed by atoms with Crippen molar-refractivity contribution in [2.24, 2.45) is 0 Å². The number of ether oxygens (including phenoxy) is 1. The Hall–Kier alpha value is -3.86. The van der Waals surface area contributed by atoms with Crippen LogP contribution in [0.3, 0.4) is 0 Å². The summed E-state index contributed by atoms with van der Waals surface area (Å²) in [7, 11) is 1.61. The minimum atomic E-state index is -0.0761. The molecule has 0 spiro atoms. The molecule has 0 radical (unpaired) electrons. The molecule has 0 saturated heterocycles. The molecule has 4 aromatic rings. The molecular weight excluding hydrogens is 400 g/mol. The van der Waals surface area contributed by atoms with Crippen LogP contribution in [0.15, 0.2) is 83.4 Å². The number of benzene rings is 3. The Morgan fingerprint density at radius 1 is 0.938 bits per heavy atom. The van der Waals surface area contributed by atoms with Gasteiger partial charge in [-0.05, 0) is 55.3 Å². The number of nitrogens with zero attached hydrogens (tertiary/aromatic N) is 2. The van der Waals surface area contributed by atoms with Gasteiger partial charge in [0.1, 0.15) is 11.4 Å². The quantitative estimate of drug-likeness (QED) is 0.374. The summed E-state index contributed by atoms with van der Waals surface area (Å²) in [5.74, 6) is 1.34. The molecule has 0 aliphatic heterocycles. The highest BCUT2D eigenvalue weighted by atomic mass is 16.5. The minimum Gasteiger partial charge on any atom is -0.497 e. The summed E-state index contributed by atoms with van der Waals surface area (Å²) in [6, 6.07) is 25.2. The molecule has 32 heavy (non-hydrogen) atoms. The first-order valence-electron chi connectivity index (χ1n) is 10.5. The Labute approximate surface area is 188 Å². The Balaban J connectivity index is 1.61. The van der Waals surface area contributed by atoms with Crippen molar-refractivity contribution in [1.82, 2.24) is 10.1 Å². The molecule has 0 saturated carbocycles. The highest BCUT2D eigenvalue weighted by Crippen LogP contribution is 2.26. The van der Waals surface area contributed by atoms with Crippen molar-refractivity contribution in [1.29, 1.82) is 0 Å². The van der Waals surface area contributed by atoms with Crippen molar-refractivity contribution in [3.8, 4) is 17.1 Å². The van der Waals surface area contributed by atoms with Crippen molar-refractivity contribution in [2.45, 2.75) is 26.9 Å². The second-order valence-corrected chi connectivity index (χ2v) is 7.88. The average molecular weight is 427 g/mol. The monoisotopic (exact) mass is 426 g/mol. The first-order chi connectivity index (χ1) is 15.5. The van der Waals surface area contributed by atoms with Gasteiger partial charge in [0.2, 0.25) is 0 Å². The second kappa shape index (κ2) is 9.52. The first-order valence-corrected chi connectivity index (χ1v) is 10.5. The third-order valence-electron chi connectivity index (χ3n) is 5.41. The molecule has 5 heteroatoms. The molecule has 0 N–H and O–H groups in total. The van der Waals surface area contributed by atoms with Crippen LogP contribution in [-0.4, -0.2) is 23.1 Å². The number of hydrogen-bond acceptors (Lipinski definition) is 4. The number of carbonyl (C=O) groups is 1. The summed E-state index contributed by atoms with van der Waals surface area (Å²) in [6.45, 7) is 4.91. The predicted molar refractivity (Wildman–Crippen MR) is 124 cm³/mol. The maximum Gasteiger partial charge on any atom is 0.254 e. The van der Waals surface area contributed by atoms with Gasteiger partial charge in [-0.1, -0.05) is 53.2 Å². The highest BCUT2D eigenvalue weighted by Gasteiger charge is 2.19. The number of rotatable bonds is 7. The van der Waals surface area contributed by atoms with Crippen LogP contribution in [0.2, 0.25) is 0 Å². The van der Waals surface area contributed by atoms with Crippen molar-refractivity contribution in [2.75, 3.05) is 7.11 Å². The number of carbonyl (C=O) groups excluding carboxylic acids is 1. The van der Waals surface area contributed by atoms with Crippen molar-refractivity contribution in [3.63, 3.8) is 0 Å². The summed E-state index contributed by atoms with van der Waals surface area (Å²) in [5.41, 5.74) is 5.64. The highest BCUT2D eigenvalue weighted by molar-refractivity contribution is 5.94. The average Bonchev–Trinajstić information content (AvgIpc) is 3.29. The van der Waals surface area contributed by atoms with Gasteiger partial charge in [0.05, 0.1) is 13.7 Å². The van der Waals surface area contributed by atoms with E-state index in [1.165, 1.54) is 0 Å². The van der Waals surface area contributed by atoms with Crippen molar-refractivity contribution in [3.05, 3.63) is 107 Å². The van der Waals surface area contributed by atoms with E-state index >= 15 is 0 Å². The number of methoxy groups -OCH3 is 1. The molecule has 1 aromatic heterocycles. The molecule has 162 valence electrons. The van der Waals surface area contributed by atoms with E-state index in [0.717, 1.165) is 22.3 Å². The van der Waals surface area contributed by atoms with Crippen LogP contribution < -0.4 is 4.74 Å². The Morgan fingerprint density at radius 3 is 2.41 bits per heavy atom. The normalized spacial score (nSPS) is 10.7. The van der Waals surface area contributed by atoms with Gasteiger partial charge in [-0.15, -0.1) is 0 Å². The van der Waals surface area contributed by atoms with Gasteiger partial charge in [0, 0.05) is 23.7 Å². The van der Waals surface area contributed by atoms with Crippen LogP contribution in [0.5, 0.6) is 5.75 Å². The number of amides is 1. The van der Waals surface area contributed by atoms with Gasteiger partial charge in [0.15, 0.2) is 5.76 Å². The second-order valence-electron chi connectivity index (χ2n) is 7.88. The van der Waals surface area contributed by atoms with Crippen molar-refractivity contribution >= 4 is 5.91 Å². The molecule has 0 aliphatic rings. The molecule has 0 fully saturated rings. The maximum absolute atomic E-state index is 13.4. The third-order valence-corrected chi connectivity index (χ3v) is 5.41. The molecule has 1 amide bonds.